The lowest BCUT2D eigenvalue weighted by molar-refractivity contribution is 0.291. The Morgan fingerprint density at radius 3 is 1.29 bits per heavy atom. The zero-order valence-electron chi connectivity index (χ0n) is 54.6. The van der Waals surface area contributed by atoms with Gasteiger partial charge in [0.05, 0.1) is 67.8 Å². The van der Waals surface area contributed by atoms with Gasteiger partial charge in [0, 0.05) is 53.5 Å². The number of rotatable bonds is 22. The van der Waals surface area contributed by atoms with Crippen molar-refractivity contribution in [3.8, 4) is 115 Å². The van der Waals surface area contributed by atoms with Crippen molar-refractivity contribution in [2.45, 2.75) is 32.8 Å². The quantitative estimate of drug-likeness (QED) is 0.0659. The van der Waals surface area contributed by atoms with Crippen molar-refractivity contribution >= 4 is 15.9 Å². The zero-order valence-corrected chi connectivity index (χ0v) is 56.2. The first-order valence-electron chi connectivity index (χ1n) is 31.4. The van der Waals surface area contributed by atoms with Gasteiger partial charge in [0.1, 0.15) is 119 Å². The molecule has 16 rings (SSSR count). The molecule has 0 bridgehead atoms. The number of ether oxygens (including phenoxy) is 4. The van der Waals surface area contributed by atoms with Crippen LogP contribution < -0.4 is 24.5 Å². The van der Waals surface area contributed by atoms with Crippen molar-refractivity contribution in [2.24, 2.45) is 0 Å². The van der Waals surface area contributed by atoms with Crippen molar-refractivity contribution in [1.82, 2.24) is 84.7 Å². The van der Waals surface area contributed by atoms with E-state index in [0.29, 0.717) is 108 Å². The minimum absolute atomic E-state index is 0.160. The predicted molar refractivity (Wildman–Crippen MR) is 369 cm³/mol. The molecule has 5 aromatic carbocycles. The highest BCUT2D eigenvalue weighted by atomic mass is 79.9. The van der Waals surface area contributed by atoms with Crippen LogP contribution in [-0.2, 0) is 32.8 Å². The number of H-pyrrole nitrogens is 1. The second-order valence-electron chi connectivity index (χ2n) is 22.3. The number of oxazole rings is 2. The summed E-state index contributed by atoms with van der Waals surface area (Å²) in [6.45, 7) is 1.08. The first-order chi connectivity index (χ1) is 51.0. The fraction of sp³-hybridized carbons (Fsp3) is 0.0959. The minimum Gasteiger partial charge on any atom is -0.497 e. The van der Waals surface area contributed by atoms with E-state index in [0.717, 1.165) is 22.6 Å². The highest BCUT2D eigenvalue weighted by Gasteiger charge is 2.24. The Hall–Kier alpha value is -13.7. The lowest BCUT2D eigenvalue weighted by Gasteiger charge is -2.10. The van der Waals surface area contributed by atoms with Gasteiger partial charge in [-0.25, -0.2) is 38.1 Å². The van der Waals surface area contributed by atoms with E-state index in [1.807, 2.05) is 48.5 Å². The minimum atomic E-state index is -0.422. The molecule has 518 valence electrons. The molecule has 0 spiro atoms. The third-order valence-corrected chi connectivity index (χ3v) is 16.2. The maximum absolute atomic E-state index is 14.4. The van der Waals surface area contributed by atoms with Gasteiger partial charge in [0.15, 0.2) is 17.5 Å². The average Bonchev–Trinajstić information content (AvgIpc) is 1.65. The van der Waals surface area contributed by atoms with E-state index in [2.05, 4.69) is 86.6 Å². The number of hydrogen-bond donors (Lipinski definition) is 1. The number of nitrogens with zero attached hydrogens (tertiary/aromatic N) is 16. The summed E-state index contributed by atoms with van der Waals surface area (Å²) >= 11 is 3.44. The van der Waals surface area contributed by atoms with Crippen LogP contribution in [0.15, 0.2) is 252 Å². The topological polar surface area (TPSA) is 318 Å². The molecule has 11 heterocycles. The Balaban J connectivity index is 0.000000133. The molecule has 1 N–H and O–H groups in total. The van der Waals surface area contributed by atoms with E-state index < -0.39 is 5.56 Å². The standard InChI is InChI=1S/C28H21FN6O4.C25H19BrFN5O3.C20H13FN6O3/c1-36-20-8-6-18(7-9-20)17-38-28-21(27-30-11-13-37-27)15-31-26(32-28)24-14-25(23-10-12-39-34-23)35(33-24)16-19-4-2-3-5-22(19)29;1-33-18-8-6-16(7-9-18)15-34-25-19(26)13-28-24(29-25)22-12-23(21-10-11-35-31-21)32(30-22)14-17-4-2-3-5-20(17)27;21-14-4-2-1-3-12(14)11-27-17(15-5-7-30-26-15)9-16(25-27)18-23-10-13(19(28)24-18)20-22-6-8-29-20/h2-15H,16-17H2,1H3;2-13H,14-15H2,1H3;1-10H,11H2,(H,23,24,28). The summed E-state index contributed by atoms with van der Waals surface area (Å²) in [5.74, 6) is 2.55. The van der Waals surface area contributed by atoms with E-state index in [4.69, 9.17) is 41.4 Å². The lowest BCUT2D eigenvalue weighted by Crippen LogP contribution is -2.12. The lowest BCUT2D eigenvalue weighted by atomic mass is 10.2. The fourth-order valence-corrected chi connectivity index (χ4v) is 10.7. The summed E-state index contributed by atoms with van der Waals surface area (Å²) < 4.78 is 96.4. The second-order valence-corrected chi connectivity index (χ2v) is 23.2. The van der Waals surface area contributed by atoms with Gasteiger partial charge >= 0.3 is 0 Å². The van der Waals surface area contributed by atoms with Crippen LogP contribution in [0, 0.1) is 17.5 Å². The highest BCUT2D eigenvalue weighted by Crippen LogP contribution is 2.34. The normalized spacial score (nSPS) is 11.0. The molecule has 11 aromatic heterocycles. The average molecular weight is 1470 g/mol. The number of aromatic amines is 1. The van der Waals surface area contributed by atoms with Gasteiger partial charge in [-0.05, 0) is 87.7 Å². The maximum Gasteiger partial charge on any atom is 0.263 e. The first-order valence-corrected chi connectivity index (χ1v) is 32.2. The van der Waals surface area contributed by atoms with Crippen LogP contribution in [0.3, 0.4) is 0 Å². The third kappa shape index (κ3) is 15.7. The van der Waals surface area contributed by atoms with Crippen molar-refractivity contribution < 1.29 is 54.5 Å². The van der Waals surface area contributed by atoms with E-state index in [9.17, 15) is 18.0 Å². The van der Waals surface area contributed by atoms with E-state index in [1.54, 1.807) is 132 Å². The molecule has 0 saturated carbocycles. The van der Waals surface area contributed by atoms with E-state index >= 15 is 0 Å². The van der Waals surface area contributed by atoms with Crippen LogP contribution in [-0.4, -0.2) is 98.9 Å². The molecule has 104 heavy (non-hydrogen) atoms. The summed E-state index contributed by atoms with van der Waals surface area (Å²) in [5.41, 5.74) is 8.34. The molecule has 31 heteroatoms. The van der Waals surface area contributed by atoms with Gasteiger partial charge in [-0.1, -0.05) is 94.3 Å². The number of nitrogens with one attached hydrogen (secondary N) is 1. The smallest absolute Gasteiger partial charge is 0.263 e. The third-order valence-electron chi connectivity index (χ3n) is 15.6. The Labute approximate surface area is 594 Å². The summed E-state index contributed by atoms with van der Waals surface area (Å²) in [5, 5.41) is 25.8. The summed E-state index contributed by atoms with van der Waals surface area (Å²) in [6, 6.07) is 44.9. The number of benzene rings is 5. The van der Waals surface area contributed by atoms with Crippen LogP contribution in [0.1, 0.15) is 27.8 Å². The van der Waals surface area contributed by atoms with Crippen molar-refractivity contribution in [1.29, 1.82) is 0 Å². The van der Waals surface area contributed by atoms with Crippen LogP contribution in [0.25, 0.3) is 91.6 Å². The van der Waals surface area contributed by atoms with Crippen molar-refractivity contribution in [2.75, 3.05) is 14.2 Å². The van der Waals surface area contributed by atoms with Gasteiger partial charge in [-0.2, -0.15) is 25.3 Å². The molecule has 0 aliphatic rings. The summed E-state index contributed by atoms with van der Waals surface area (Å²) in [7, 11) is 3.24. The maximum atomic E-state index is 14.4. The summed E-state index contributed by atoms with van der Waals surface area (Å²) in [6.07, 6.45) is 14.7. The number of hydrogen-bond acceptors (Lipinski definition) is 23. The number of halogens is 4. The molecule has 0 aliphatic carbocycles. The molecule has 0 saturated heterocycles. The fourth-order valence-electron chi connectivity index (χ4n) is 10.4. The molecule has 0 atom stereocenters. The molecular weight excluding hydrogens is 1410 g/mol. The molecule has 0 fully saturated rings. The number of aromatic nitrogens is 17. The Morgan fingerprint density at radius 1 is 0.452 bits per heavy atom. The van der Waals surface area contributed by atoms with Crippen LogP contribution in [0.2, 0.25) is 0 Å². The molecule has 0 radical (unpaired) electrons. The predicted octanol–water partition coefficient (Wildman–Crippen LogP) is 14.1. The monoisotopic (exact) mass is 1460 g/mol. The SMILES string of the molecule is COc1ccc(COc2nc(-c3cc(-c4ccon4)n(Cc4ccccc4F)n3)ncc2-c2ncco2)cc1.COc1ccc(COc2nc(-c3cc(-c4ccon4)n(Cc4ccccc4F)n3)ncc2Br)cc1.O=c1[nH]c(-c2cc(-c3ccon3)n(Cc3ccccc3F)n2)ncc1-c1ncco1. The van der Waals surface area contributed by atoms with Crippen LogP contribution in [0.4, 0.5) is 13.2 Å². The van der Waals surface area contributed by atoms with Gasteiger partial charge in [-0.15, -0.1) is 0 Å². The van der Waals surface area contributed by atoms with E-state index in [1.165, 1.54) is 68.1 Å². The Bertz CT molecular complexity index is 5560. The molecular formula is C73H53BrF3N17O10. The van der Waals surface area contributed by atoms with Gasteiger partial charge in [0.25, 0.3) is 5.56 Å². The van der Waals surface area contributed by atoms with Gasteiger partial charge in [0.2, 0.25) is 23.5 Å². The molecule has 0 unspecified atom stereocenters. The Kier molecular flexibility index (Phi) is 20.3. The molecule has 0 amide bonds. The van der Waals surface area contributed by atoms with E-state index in [-0.39, 0.29) is 66.9 Å². The zero-order chi connectivity index (χ0) is 71.3. The van der Waals surface area contributed by atoms with Crippen molar-refractivity contribution in [3.63, 3.8) is 0 Å². The molecule has 0 aliphatic heterocycles. The first kappa shape index (κ1) is 67.5. The summed E-state index contributed by atoms with van der Waals surface area (Å²) in [4.78, 5) is 45.7. The largest absolute Gasteiger partial charge is 0.497 e. The molecule has 16 aromatic rings. The second kappa shape index (κ2) is 31.2. The van der Waals surface area contributed by atoms with Gasteiger partial charge < -0.3 is 46.3 Å². The molecule has 27 nitrogen and oxygen atoms in total. The van der Waals surface area contributed by atoms with Gasteiger partial charge in [-0.3, -0.25) is 18.8 Å². The Morgan fingerprint density at radius 2 is 0.865 bits per heavy atom. The highest BCUT2D eigenvalue weighted by molar-refractivity contribution is 9.10. The van der Waals surface area contributed by atoms with Crippen molar-refractivity contribution in [3.05, 3.63) is 280 Å². The van der Waals surface area contributed by atoms with Crippen LogP contribution >= 0.6 is 15.9 Å². The van der Waals surface area contributed by atoms with Crippen LogP contribution in [0.5, 0.6) is 23.3 Å². The number of methoxy groups -OCH3 is 2.